The molecule has 1 aromatic carbocycles. The summed E-state index contributed by atoms with van der Waals surface area (Å²) in [4.78, 5) is 20.9. The Labute approximate surface area is 163 Å². The quantitative estimate of drug-likeness (QED) is 0.604. The lowest BCUT2D eigenvalue weighted by molar-refractivity contribution is -0.117. The van der Waals surface area contributed by atoms with Crippen LogP contribution in [0.25, 0.3) is 21.9 Å². The van der Waals surface area contributed by atoms with Gasteiger partial charge in [-0.05, 0) is 47.7 Å². The van der Waals surface area contributed by atoms with Crippen molar-refractivity contribution in [1.29, 1.82) is 0 Å². The van der Waals surface area contributed by atoms with E-state index < -0.39 is 0 Å². The molecule has 1 aliphatic rings. The molecule has 28 heavy (non-hydrogen) atoms. The Morgan fingerprint density at radius 3 is 3.04 bits per heavy atom. The summed E-state index contributed by atoms with van der Waals surface area (Å²) in [5.74, 6) is 0.413. The highest BCUT2D eigenvalue weighted by atomic mass is 16.5. The normalized spacial score (nSPS) is 16.8. The third kappa shape index (κ3) is 3.95. The molecule has 0 radical (unpaired) electrons. The smallest absolute Gasteiger partial charge is 0.227 e. The molecule has 144 valence electrons. The first-order valence-corrected chi connectivity index (χ1v) is 9.31. The average molecular weight is 377 g/mol. The van der Waals surface area contributed by atoms with Crippen LogP contribution < -0.4 is 16.4 Å². The highest BCUT2D eigenvalue weighted by Crippen LogP contribution is 2.31. The summed E-state index contributed by atoms with van der Waals surface area (Å²) >= 11 is 0. The van der Waals surface area contributed by atoms with Gasteiger partial charge in [0.05, 0.1) is 13.2 Å². The number of rotatable bonds is 4. The van der Waals surface area contributed by atoms with E-state index in [2.05, 4.69) is 20.6 Å². The van der Waals surface area contributed by atoms with Crippen LogP contribution in [0.4, 0.5) is 11.5 Å². The number of nitrogens with two attached hydrogens (primary N) is 1. The highest BCUT2D eigenvalue weighted by Gasteiger charge is 2.17. The van der Waals surface area contributed by atoms with Gasteiger partial charge in [-0.15, -0.1) is 0 Å². The number of nitrogens with zero attached hydrogens (tertiary/aromatic N) is 2. The maximum atomic E-state index is 12.3. The number of anilines is 2. The molecule has 1 atom stereocenters. The third-order valence-corrected chi connectivity index (χ3v) is 4.92. The summed E-state index contributed by atoms with van der Waals surface area (Å²) in [6, 6.07) is 7.83. The van der Waals surface area contributed by atoms with Crippen molar-refractivity contribution in [3.63, 3.8) is 0 Å². The summed E-state index contributed by atoms with van der Waals surface area (Å²) in [6.45, 7) is 4.04. The maximum absolute atomic E-state index is 12.3. The number of hydrogen-bond donors (Lipinski definition) is 3. The molecule has 1 amide bonds. The van der Waals surface area contributed by atoms with Gasteiger partial charge in [0.2, 0.25) is 5.91 Å². The van der Waals surface area contributed by atoms with E-state index in [9.17, 15) is 4.79 Å². The Morgan fingerprint density at radius 1 is 1.36 bits per heavy atom. The van der Waals surface area contributed by atoms with Gasteiger partial charge in [-0.25, -0.2) is 4.98 Å². The molecule has 0 bridgehead atoms. The molecule has 0 saturated carbocycles. The van der Waals surface area contributed by atoms with E-state index in [1.54, 1.807) is 12.4 Å². The lowest BCUT2D eigenvalue weighted by Gasteiger charge is -2.23. The van der Waals surface area contributed by atoms with Gasteiger partial charge in [0, 0.05) is 54.2 Å². The average Bonchev–Trinajstić information content (AvgIpc) is 2.68. The maximum Gasteiger partial charge on any atom is 0.227 e. The van der Waals surface area contributed by atoms with E-state index in [4.69, 9.17) is 10.5 Å². The number of aryl methyl sites for hydroxylation is 1. The number of fused-ring (bicyclic) bond motifs is 1. The first-order valence-electron chi connectivity index (χ1n) is 9.31. The number of ether oxygens (including phenoxy) is 1. The highest BCUT2D eigenvalue weighted by molar-refractivity contribution is 5.99. The molecular formula is C21H23N5O2. The molecule has 0 unspecified atom stereocenters. The van der Waals surface area contributed by atoms with Crippen molar-refractivity contribution in [3.8, 4) is 11.1 Å². The van der Waals surface area contributed by atoms with Gasteiger partial charge in [-0.3, -0.25) is 9.78 Å². The van der Waals surface area contributed by atoms with Crippen molar-refractivity contribution in [2.75, 3.05) is 30.8 Å². The van der Waals surface area contributed by atoms with Crippen molar-refractivity contribution in [2.45, 2.75) is 19.4 Å². The second-order valence-electron chi connectivity index (χ2n) is 7.03. The Hall–Kier alpha value is -3.03. The SMILES string of the molecule is Cc1ccncc1-c1cc(N)c2cnc(NC(=O)C[C@@H]3COCCN3)cc2c1. The Morgan fingerprint density at radius 2 is 2.25 bits per heavy atom. The number of carbonyl (C=O) groups excluding carboxylic acids is 1. The van der Waals surface area contributed by atoms with Gasteiger partial charge < -0.3 is 21.1 Å². The van der Waals surface area contributed by atoms with Gasteiger partial charge >= 0.3 is 0 Å². The summed E-state index contributed by atoms with van der Waals surface area (Å²) in [5.41, 5.74) is 10.0. The molecule has 4 N–H and O–H groups in total. The molecule has 7 nitrogen and oxygen atoms in total. The number of aromatic nitrogens is 2. The van der Waals surface area contributed by atoms with E-state index in [1.165, 1.54) is 0 Å². The third-order valence-electron chi connectivity index (χ3n) is 4.92. The minimum atomic E-state index is -0.0953. The molecule has 4 rings (SSSR count). The van der Waals surface area contributed by atoms with E-state index in [1.807, 2.05) is 37.4 Å². The molecule has 1 fully saturated rings. The van der Waals surface area contributed by atoms with Crippen LogP contribution in [0.1, 0.15) is 12.0 Å². The van der Waals surface area contributed by atoms with Crippen molar-refractivity contribution in [3.05, 3.63) is 48.4 Å². The van der Waals surface area contributed by atoms with Gasteiger partial charge in [0.1, 0.15) is 5.82 Å². The van der Waals surface area contributed by atoms with Crippen LogP contribution in [0.2, 0.25) is 0 Å². The van der Waals surface area contributed by atoms with Crippen LogP contribution in [0, 0.1) is 6.92 Å². The zero-order chi connectivity index (χ0) is 19.5. The number of carbonyl (C=O) groups is 1. The number of amides is 1. The number of pyridine rings is 2. The molecule has 2 aromatic heterocycles. The number of nitrogen functional groups attached to an aromatic ring is 1. The summed E-state index contributed by atoms with van der Waals surface area (Å²) in [7, 11) is 0. The van der Waals surface area contributed by atoms with Gasteiger partial charge in [0.25, 0.3) is 0 Å². The predicted molar refractivity (Wildman–Crippen MR) is 110 cm³/mol. The second kappa shape index (κ2) is 7.92. The topological polar surface area (TPSA) is 102 Å². The number of nitrogens with one attached hydrogen (secondary N) is 2. The number of benzene rings is 1. The van der Waals surface area contributed by atoms with E-state index in [-0.39, 0.29) is 11.9 Å². The Kier molecular flexibility index (Phi) is 5.18. The minimum absolute atomic E-state index is 0.0324. The Balaban J connectivity index is 1.59. The first-order chi connectivity index (χ1) is 13.6. The van der Waals surface area contributed by atoms with Gasteiger partial charge in [0.15, 0.2) is 0 Å². The van der Waals surface area contributed by atoms with Gasteiger partial charge in [-0.1, -0.05) is 0 Å². The second-order valence-corrected chi connectivity index (χ2v) is 7.03. The van der Waals surface area contributed by atoms with Crippen molar-refractivity contribution in [1.82, 2.24) is 15.3 Å². The molecule has 0 aliphatic carbocycles. The Bertz CT molecular complexity index is 1010. The van der Waals surface area contributed by atoms with Crippen LogP contribution >= 0.6 is 0 Å². The number of hydrogen-bond acceptors (Lipinski definition) is 6. The molecular weight excluding hydrogens is 354 g/mol. The van der Waals surface area contributed by atoms with Crippen LogP contribution in [-0.4, -0.2) is 41.7 Å². The molecule has 0 spiro atoms. The summed E-state index contributed by atoms with van der Waals surface area (Å²) < 4.78 is 5.39. The number of morpholine rings is 1. The van der Waals surface area contributed by atoms with Crippen LogP contribution in [0.3, 0.4) is 0 Å². The standard InChI is InChI=1S/C21H23N5O2/c1-13-2-3-23-10-17(13)14-6-15-8-20(25-11-18(15)19(22)7-14)26-21(27)9-16-12-28-5-4-24-16/h2-3,6-8,10-11,16,24H,4-5,9,12,22H2,1H3,(H,25,26,27)/t16-/m1/s1. The minimum Gasteiger partial charge on any atom is -0.398 e. The van der Waals surface area contributed by atoms with E-state index >= 15 is 0 Å². The fourth-order valence-corrected chi connectivity index (χ4v) is 3.44. The lowest BCUT2D eigenvalue weighted by atomic mass is 9.99. The van der Waals surface area contributed by atoms with Crippen LogP contribution in [0.15, 0.2) is 42.9 Å². The van der Waals surface area contributed by atoms with Crippen LogP contribution in [-0.2, 0) is 9.53 Å². The summed E-state index contributed by atoms with van der Waals surface area (Å²) in [5, 5.41) is 7.92. The van der Waals surface area contributed by atoms with Crippen molar-refractivity contribution >= 4 is 28.2 Å². The monoisotopic (exact) mass is 377 g/mol. The molecule has 1 aliphatic heterocycles. The largest absolute Gasteiger partial charge is 0.398 e. The fraction of sp³-hybridized carbons (Fsp3) is 0.286. The van der Waals surface area contributed by atoms with Crippen LogP contribution in [0.5, 0.6) is 0 Å². The summed E-state index contributed by atoms with van der Waals surface area (Å²) in [6.07, 6.45) is 5.64. The van der Waals surface area contributed by atoms with Crippen molar-refractivity contribution in [2.24, 2.45) is 0 Å². The molecule has 3 heterocycles. The van der Waals surface area contributed by atoms with Crippen molar-refractivity contribution < 1.29 is 9.53 Å². The van der Waals surface area contributed by atoms with E-state index in [0.29, 0.717) is 31.1 Å². The first kappa shape index (κ1) is 18.3. The fourth-order valence-electron chi connectivity index (χ4n) is 3.44. The molecule has 1 saturated heterocycles. The van der Waals surface area contributed by atoms with Gasteiger partial charge in [-0.2, -0.15) is 0 Å². The van der Waals surface area contributed by atoms with E-state index in [0.717, 1.165) is 34.0 Å². The lowest BCUT2D eigenvalue weighted by Crippen LogP contribution is -2.43. The zero-order valence-electron chi connectivity index (χ0n) is 15.7. The molecule has 3 aromatic rings. The predicted octanol–water partition coefficient (Wildman–Crippen LogP) is 2.50. The zero-order valence-corrected chi connectivity index (χ0v) is 15.7. The molecule has 7 heteroatoms.